The molecule has 2 atom stereocenters. The van der Waals surface area contributed by atoms with E-state index in [1.54, 1.807) is 6.07 Å². The normalized spacial score (nSPS) is 13.8. The summed E-state index contributed by atoms with van der Waals surface area (Å²) in [7, 11) is 0. The van der Waals surface area contributed by atoms with Crippen LogP contribution in [0.1, 0.15) is 52.5 Å². The number of anilines is 1. The van der Waals surface area contributed by atoms with Crippen LogP contribution in [0.3, 0.4) is 0 Å². The maximum absolute atomic E-state index is 11.1. The van der Waals surface area contributed by atoms with Gasteiger partial charge in [0.25, 0.3) is 5.69 Å². The van der Waals surface area contributed by atoms with E-state index < -0.39 is 0 Å². The summed E-state index contributed by atoms with van der Waals surface area (Å²) in [5.41, 5.74) is 1.86. The number of rotatable bonds is 8. The van der Waals surface area contributed by atoms with Crippen LogP contribution in [-0.4, -0.2) is 11.0 Å². The Kier molecular flexibility index (Phi) is 6.49. The number of nitrogens with one attached hydrogen (secondary N) is 1. The summed E-state index contributed by atoms with van der Waals surface area (Å²) >= 11 is 0. The van der Waals surface area contributed by atoms with E-state index in [0.717, 1.165) is 30.5 Å². The van der Waals surface area contributed by atoms with Crippen molar-refractivity contribution in [1.29, 1.82) is 0 Å². The van der Waals surface area contributed by atoms with Crippen LogP contribution in [-0.2, 0) is 6.42 Å². The Balaban J connectivity index is 2.85. The largest absolute Gasteiger partial charge is 0.382 e. The molecule has 1 rings (SSSR count). The monoisotopic (exact) mass is 278 g/mol. The van der Waals surface area contributed by atoms with Gasteiger partial charge in [-0.15, -0.1) is 0 Å². The van der Waals surface area contributed by atoms with E-state index in [0.29, 0.717) is 18.4 Å². The van der Waals surface area contributed by atoms with Gasteiger partial charge in [0.1, 0.15) is 0 Å². The van der Waals surface area contributed by atoms with Crippen LogP contribution < -0.4 is 5.32 Å². The Morgan fingerprint density at radius 1 is 1.25 bits per heavy atom. The molecular weight excluding hydrogens is 252 g/mol. The Hall–Kier alpha value is -1.58. The summed E-state index contributed by atoms with van der Waals surface area (Å²) in [5.74, 6) is 0.664. The topological polar surface area (TPSA) is 55.2 Å². The van der Waals surface area contributed by atoms with Gasteiger partial charge in [-0.2, -0.15) is 0 Å². The van der Waals surface area contributed by atoms with Crippen LogP contribution in [0.15, 0.2) is 18.2 Å². The summed E-state index contributed by atoms with van der Waals surface area (Å²) in [6, 6.07) is 5.84. The van der Waals surface area contributed by atoms with Gasteiger partial charge in [-0.3, -0.25) is 10.1 Å². The van der Waals surface area contributed by atoms with Crippen LogP contribution in [0.25, 0.3) is 0 Å². The molecule has 0 heterocycles. The fourth-order valence-electron chi connectivity index (χ4n) is 2.34. The Morgan fingerprint density at radius 3 is 2.45 bits per heavy atom. The number of hydrogen-bond donors (Lipinski definition) is 1. The van der Waals surface area contributed by atoms with Crippen molar-refractivity contribution in [2.45, 2.75) is 59.4 Å². The highest BCUT2D eigenvalue weighted by molar-refractivity contribution is 5.55. The molecule has 0 saturated heterocycles. The molecule has 0 bridgehead atoms. The SMILES string of the molecule is CCc1ccc(NC(CC)CC(C)CC)cc1[N+](=O)[O-]. The molecule has 0 aliphatic carbocycles. The van der Waals surface area contributed by atoms with E-state index in [9.17, 15) is 10.1 Å². The number of aryl methyl sites for hydroxylation is 1. The van der Waals surface area contributed by atoms with Crippen molar-refractivity contribution in [1.82, 2.24) is 0 Å². The average molecular weight is 278 g/mol. The van der Waals surface area contributed by atoms with Gasteiger partial charge in [0, 0.05) is 23.4 Å². The molecule has 4 heteroatoms. The molecule has 1 aromatic carbocycles. The fourth-order valence-corrected chi connectivity index (χ4v) is 2.34. The number of nitro groups is 1. The van der Waals surface area contributed by atoms with Crippen LogP contribution in [0.4, 0.5) is 11.4 Å². The lowest BCUT2D eigenvalue weighted by Gasteiger charge is -2.21. The van der Waals surface area contributed by atoms with E-state index in [2.05, 4.69) is 26.1 Å². The zero-order valence-corrected chi connectivity index (χ0v) is 13.0. The van der Waals surface area contributed by atoms with Crippen molar-refractivity contribution in [3.63, 3.8) is 0 Å². The van der Waals surface area contributed by atoms with Crippen molar-refractivity contribution in [3.05, 3.63) is 33.9 Å². The molecule has 20 heavy (non-hydrogen) atoms. The third-order valence-corrected chi connectivity index (χ3v) is 3.91. The summed E-state index contributed by atoms with van der Waals surface area (Å²) in [5, 5.41) is 14.5. The standard InChI is InChI=1S/C16H26N2O2/c1-5-12(4)10-14(7-3)17-15-9-8-13(6-2)16(11-15)18(19)20/h8-9,11-12,14,17H,5-7,10H2,1-4H3. The van der Waals surface area contributed by atoms with E-state index in [1.807, 2.05) is 19.1 Å². The Morgan fingerprint density at radius 2 is 1.95 bits per heavy atom. The van der Waals surface area contributed by atoms with Crippen molar-refractivity contribution < 1.29 is 4.92 Å². The smallest absolute Gasteiger partial charge is 0.274 e. The van der Waals surface area contributed by atoms with Gasteiger partial charge < -0.3 is 5.32 Å². The molecule has 4 nitrogen and oxygen atoms in total. The molecule has 0 fully saturated rings. The van der Waals surface area contributed by atoms with Crippen molar-refractivity contribution in [2.24, 2.45) is 5.92 Å². The molecule has 0 aliphatic heterocycles. The second-order valence-corrected chi connectivity index (χ2v) is 5.45. The third kappa shape index (κ3) is 4.51. The van der Waals surface area contributed by atoms with E-state index in [4.69, 9.17) is 0 Å². The summed E-state index contributed by atoms with van der Waals surface area (Å²) < 4.78 is 0. The number of nitro benzene ring substituents is 1. The predicted octanol–water partition coefficient (Wildman–Crippen LogP) is 4.78. The Labute approximate surface area is 121 Å². The van der Waals surface area contributed by atoms with Gasteiger partial charge in [-0.05, 0) is 31.2 Å². The molecule has 0 saturated carbocycles. The third-order valence-electron chi connectivity index (χ3n) is 3.91. The van der Waals surface area contributed by atoms with Crippen LogP contribution in [0, 0.1) is 16.0 Å². The van der Waals surface area contributed by atoms with Gasteiger partial charge in [0.2, 0.25) is 0 Å². The van der Waals surface area contributed by atoms with Crippen molar-refractivity contribution in [3.8, 4) is 0 Å². The number of benzene rings is 1. The van der Waals surface area contributed by atoms with Crippen LogP contribution in [0.5, 0.6) is 0 Å². The van der Waals surface area contributed by atoms with Gasteiger partial charge >= 0.3 is 0 Å². The molecule has 0 spiro atoms. The maximum Gasteiger partial charge on any atom is 0.274 e. The molecule has 0 radical (unpaired) electrons. The van der Waals surface area contributed by atoms with Gasteiger partial charge in [-0.25, -0.2) is 0 Å². The van der Waals surface area contributed by atoms with E-state index >= 15 is 0 Å². The minimum atomic E-state index is -0.292. The van der Waals surface area contributed by atoms with E-state index in [-0.39, 0.29) is 10.6 Å². The van der Waals surface area contributed by atoms with E-state index in [1.165, 1.54) is 0 Å². The summed E-state index contributed by atoms with van der Waals surface area (Å²) in [6.45, 7) is 8.52. The first-order valence-electron chi connectivity index (χ1n) is 7.55. The highest BCUT2D eigenvalue weighted by Gasteiger charge is 2.15. The maximum atomic E-state index is 11.1. The highest BCUT2D eigenvalue weighted by Crippen LogP contribution is 2.25. The molecular formula is C16H26N2O2. The molecule has 1 aromatic rings. The summed E-state index contributed by atoms with van der Waals surface area (Å²) in [4.78, 5) is 10.8. The molecule has 2 unspecified atom stereocenters. The average Bonchev–Trinajstić information content (AvgIpc) is 2.45. The van der Waals surface area contributed by atoms with Crippen molar-refractivity contribution >= 4 is 11.4 Å². The zero-order valence-electron chi connectivity index (χ0n) is 13.0. The highest BCUT2D eigenvalue weighted by atomic mass is 16.6. The minimum absolute atomic E-state index is 0.218. The number of hydrogen-bond acceptors (Lipinski definition) is 3. The minimum Gasteiger partial charge on any atom is -0.382 e. The lowest BCUT2D eigenvalue weighted by molar-refractivity contribution is -0.385. The lowest BCUT2D eigenvalue weighted by atomic mass is 9.97. The van der Waals surface area contributed by atoms with Crippen LogP contribution >= 0.6 is 0 Å². The zero-order chi connectivity index (χ0) is 15.1. The van der Waals surface area contributed by atoms with Crippen LogP contribution in [0.2, 0.25) is 0 Å². The molecule has 0 amide bonds. The second-order valence-electron chi connectivity index (χ2n) is 5.45. The quantitative estimate of drug-likeness (QED) is 0.549. The lowest BCUT2D eigenvalue weighted by Crippen LogP contribution is -2.21. The van der Waals surface area contributed by atoms with Gasteiger partial charge in [-0.1, -0.05) is 40.2 Å². The molecule has 1 N–H and O–H groups in total. The Bertz CT molecular complexity index is 446. The predicted molar refractivity (Wildman–Crippen MR) is 84.2 cm³/mol. The second kappa shape index (κ2) is 7.88. The first-order chi connectivity index (χ1) is 9.51. The van der Waals surface area contributed by atoms with Gasteiger partial charge in [0.15, 0.2) is 0 Å². The first kappa shape index (κ1) is 16.5. The fraction of sp³-hybridized carbons (Fsp3) is 0.625. The van der Waals surface area contributed by atoms with Crippen molar-refractivity contribution in [2.75, 3.05) is 5.32 Å². The molecule has 0 aliphatic rings. The summed E-state index contributed by atoms with van der Waals surface area (Å²) in [6.07, 6.45) is 3.96. The number of nitrogens with zero attached hydrogens (tertiary/aromatic N) is 1. The molecule has 0 aromatic heterocycles. The molecule has 112 valence electrons. The van der Waals surface area contributed by atoms with Gasteiger partial charge in [0.05, 0.1) is 4.92 Å². The first-order valence-corrected chi connectivity index (χ1v) is 7.55.